The second-order valence-corrected chi connectivity index (χ2v) is 4.57. The fourth-order valence-corrected chi connectivity index (χ4v) is 2.09. The van der Waals surface area contributed by atoms with Gasteiger partial charge in [0, 0.05) is 19.0 Å². The Balaban J connectivity index is 2.02. The molecule has 0 bridgehead atoms. The lowest BCUT2D eigenvalue weighted by molar-refractivity contribution is 0.656. The number of amidine groups is 1. The van der Waals surface area contributed by atoms with Crippen LogP contribution in [0.3, 0.4) is 0 Å². The second kappa shape index (κ2) is 5.15. The highest BCUT2D eigenvalue weighted by atomic mass is 15.0. The van der Waals surface area contributed by atoms with Crippen LogP contribution in [0.4, 0.5) is 0 Å². The van der Waals surface area contributed by atoms with E-state index in [1.54, 1.807) is 0 Å². The van der Waals surface area contributed by atoms with Crippen LogP contribution in [0.15, 0.2) is 29.3 Å². The predicted octanol–water partition coefficient (Wildman–Crippen LogP) is 3.23. The Kier molecular flexibility index (Phi) is 3.60. The topological polar surface area (TPSA) is 24.4 Å². The molecule has 0 aromatic heterocycles. The Morgan fingerprint density at radius 3 is 2.88 bits per heavy atom. The molecule has 16 heavy (non-hydrogen) atoms. The fourth-order valence-electron chi connectivity index (χ4n) is 2.09. The number of hydrogen-bond donors (Lipinski definition) is 1. The first-order valence-electron chi connectivity index (χ1n) is 6.12. The maximum Gasteiger partial charge on any atom is 0.0967 e. The van der Waals surface area contributed by atoms with Crippen LogP contribution in [-0.4, -0.2) is 12.4 Å². The van der Waals surface area contributed by atoms with E-state index in [9.17, 15) is 0 Å². The van der Waals surface area contributed by atoms with Crippen molar-refractivity contribution in [3.8, 4) is 0 Å². The molecule has 1 aromatic rings. The van der Waals surface area contributed by atoms with Gasteiger partial charge in [-0.25, -0.2) is 0 Å². The third-order valence-electron chi connectivity index (χ3n) is 3.05. The Morgan fingerprint density at radius 2 is 2.19 bits per heavy atom. The summed E-state index contributed by atoms with van der Waals surface area (Å²) in [5.41, 5.74) is 2.66. The average molecular weight is 216 g/mol. The molecule has 86 valence electrons. The van der Waals surface area contributed by atoms with E-state index < -0.39 is 0 Å². The molecule has 1 atom stereocenters. The zero-order valence-corrected chi connectivity index (χ0v) is 10.2. The van der Waals surface area contributed by atoms with E-state index in [-0.39, 0.29) is 0 Å². The standard InChI is InChI=1S/C14H20N2/c1-11-6-5-7-13(10-11)12(2)16-14-8-3-4-9-15-14/h5-7,10,12H,3-4,8-9H2,1-2H3,(H,15,16)/t12-/m0/s1. The molecule has 2 nitrogen and oxygen atoms in total. The Hall–Kier alpha value is -1.31. The summed E-state index contributed by atoms with van der Waals surface area (Å²) in [6.45, 7) is 5.32. The summed E-state index contributed by atoms with van der Waals surface area (Å²) in [6, 6.07) is 9.02. The van der Waals surface area contributed by atoms with Crippen molar-refractivity contribution in [3.63, 3.8) is 0 Å². The summed E-state index contributed by atoms with van der Waals surface area (Å²) in [7, 11) is 0. The second-order valence-electron chi connectivity index (χ2n) is 4.57. The Morgan fingerprint density at radius 1 is 1.31 bits per heavy atom. The van der Waals surface area contributed by atoms with E-state index in [0.29, 0.717) is 6.04 Å². The number of nitrogens with one attached hydrogen (secondary N) is 1. The molecular weight excluding hydrogens is 196 g/mol. The van der Waals surface area contributed by atoms with Gasteiger partial charge >= 0.3 is 0 Å². The molecule has 0 aliphatic carbocycles. The van der Waals surface area contributed by atoms with Crippen LogP contribution < -0.4 is 5.32 Å². The highest BCUT2D eigenvalue weighted by Gasteiger charge is 2.10. The molecular formula is C14H20N2. The highest BCUT2D eigenvalue weighted by Crippen LogP contribution is 2.15. The minimum atomic E-state index is 0.358. The molecule has 1 aliphatic heterocycles. The predicted molar refractivity (Wildman–Crippen MR) is 68.9 cm³/mol. The van der Waals surface area contributed by atoms with Crippen LogP contribution in [-0.2, 0) is 0 Å². The van der Waals surface area contributed by atoms with Crippen LogP contribution in [0.5, 0.6) is 0 Å². The van der Waals surface area contributed by atoms with Gasteiger partial charge < -0.3 is 5.32 Å². The molecule has 1 aromatic carbocycles. The lowest BCUT2D eigenvalue weighted by Gasteiger charge is -2.20. The highest BCUT2D eigenvalue weighted by molar-refractivity contribution is 5.83. The molecule has 1 heterocycles. The first-order valence-corrected chi connectivity index (χ1v) is 6.12. The third kappa shape index (κ3) is 2.84. The van der Waals surface area contributed by atoms with E-state index in [1.807, 2.05) is 0 Å². The summed E-state index contributed by atoms with van der Waals surface area (Å²) < 4.78 is 0. The van der Waals surface area contributed by atoms with Crippen molar-refractivity contribution in [2.45, 2.75) is 39.2 Å². The molecule has 0 saturated heterocycles. The van der Waals surface area contributed by atoms with Crippen molar-refractivity contribution in [2.75, 3.05) is 6.54 Å². The van der Waals surface area contributed by atoms with Gasteiger partial charge in [-0.1, -0.05) is 29.8 Å². The largest absolute Gasteiger partial charge is 0.367 e. The maximum atomic E-state index is 4.52. The third-order valence-corrected chi connectivity index (χ3v) is 3.05. The first-order chi connectivity index (χ1) is 7.75. The minimum Gasteiger partial charge on any atom is -0.367 e. The summed E-state index contributed by atoms with van der Waals surface area (Å²) in [4.78, 5) is 4.52. The summed E-state index contributed by atoms with van der Waals surface area (Å²) >= 11 is 0. The van der Waals surface area contributed by atoms with Gasteiger partial charge in [0.25, 0.3) is 0 Å². The van der Waals surface area contributed by atoms with Crippen molar-refractivity contribution < 1.29 is 0 Å². The number of benzene rings is 1. The van der Waals surface area contributed by atoms with Crippen LogP contribution in [0.1, 0.15) is 43.4 Å². The summed E-state index contributed by atoms with van der Waals surface area (Å²) in [6.07, 6.45) is 3.62. The number of nitrogens with zero attached hydrogens (tertiary/aromatic N) is 1. The quantitative estimate of drug-likeness (QED) is 0.806. The van der Waals surface area contributed by atoms with E-state index in [4.69, 9.17) is 0 Å². The molecule has 2 heteroatoms. The van der Waals surface area contributed by atoms with Gasteiger partial charge in [-0.05, 0) is 32.3 Å². The number of aryl methyl sites for hydroxylation is 1. The normalized spacial score (nSPS) is 17.8. The maximum absolute atomic E-state index is 4.52. The zero-order chi connectivity index (χ0) is 11.4. The smallest absolute Gasteiger partial charge is 0.0967 e. The van der Waals surface area contributed by atoms with Gasteiger partial charge in [0.1, 0.15) is 0 Å². The SMILES string of the molecule is Cc1cccc([C@H](C)NC2=NCCCC2)c1. The van der Waals surface area contributed by atoms with Crippen LogP contribution in [0.25, 0.3) is 0 Å². The Labute approximate surface area is 97.8 Å². The van der Waals surface area contributed by atoms with Gasteiger partial charge in [0.15, 0.2) is 0 Å². The van der Waals surface area contributed by atoms with E-state index >= 15 is 0 Å². The van der Waals surface area contributed by atoms with Crippen molar-refractivity contribution >= 4 is 5.84 Å². The monoisotopic (exact) mass is 216 g/mol. The molecule has 1 N–H and O–H groups in total. The molecule has 0 radical (unpaired) electrons. The van der Waals surface area contributed by atoms with E-state index in [0.717, 1.165) is 13.0 Å². The van der Waals surface area contributed by atoms with Crippen LogP contribution in [0.2, 0.25) is 0 Å². The lowest BCUT2D eigenvalue weighted by atomic mass is 10.1. The molecule has 0 unspecified atom stereocenters. The van der Waals surface area contributed by atoms with Gasteiger partial charge in [-0.2, -0.15) is 0 Å². The molecule has 0 fully saturated rings. The van der Waals surface area contributed by atoms with Gasteiger partial charge in [-0.15, -0.1) is 0 Å². The average Bonchev–Trinajstić information content (AvgIpc) is 2.30. The molecule has 0 spiro atoms. The lowest BCUT2D eigenvalue weighted by Crippen LogP contribution is -2.28. The van der Waals surface area contributed by atoms with Crippen LogP contribution in [0, 0.1) is 6.92 Å². The van der Waals surface area contributed by atoms with E-state index in [1.165, 1.54) is 29.8 Å². The van der Waals surface area contributed by atoms with Crippen molar-refractivity contribution in [1.82, 2.24) is 5.32 Å². The molecule has 0 amide bonds. The fraction of sp³-hybridized carbons (Fsp3) is 0.500. The summed E-state index contributed by atoms with van der Waals surface area (Å²) in [5.74, 6) is 1.18. The van der Waals surface area contributed by atoms with Crippen molar-refractivity contribution in [2.24, 2.45) is 4.99 Å². The van der Waals surface area contributed by atoms with E-state index in [2.05, 4.69) is 48.4 Å². The minimum absolute atomic E-state index is 0.358. The number of rotatable bonds is 2. The zero-order valence-electron chi connectivity index (χ0n) is 10.2. The molecule has 2 rings (SSSR count). The number of hydrogen-bond acceptors (Lipinski definition) is 2. The Bertz CT molecular complexity index is 382. The number of aliphatic imine (C=N–C) groups is 1. The molecule has 1 aliphatic rings. The molecule has 0 saturated carbocycles. The van der Waals surface area contributed by atoms with Crippen molar-refractivity contribution in [1.29, 1.82) is 0 Å². The van der Waals surface area contributed by atoms with Gasteiger partial charge in [-0.3, -0.25) is 4.99 Å². The summed E-state index contributed by atoms with van der Waals surface area (Å²) in [5, 5.41) is 3.51. The van der Waals surface area contributed by atoms with Gasteiger partial charge in [0.05, 0.1) is 5.84 Å². The van der Waals surface area contributed by atoms with Crippen molar-refractivity contribution in [3.05, 3.63) is 35.4 Å². The first kappa shape index (κ1) is 11.2. The van der Waals surface area contributed by atoms with Gasteiger partial charge in [0.2, 0.25) is 0 Å². The van der Waals surface area contributed by atoms with Crippen LogP contribution >= 0.6 is 0 Å².